The van der Waals surface area contributed by atoms with Crippen molar-refractivity contribution in [2.75, 3.05) is 24.5 Å². The molecule has 0 radical (unpaired) electrons. The van der Waals surface area contributed by atoms with E-state index in [1.54, 1.807) is 24.6 Å². The maximum Gasteiger partial charge on any atom is 0.415 e. The molecule has 4 aromatic rings. The molecule has 2 unspecified atom stereocenters. The van der Waals surface area contributed by atoms with E-state index in [0.717, 1.165) is 21.7 Å². The van der Waals surface area contributed by atoms with Crippen molar-refractivity contribution in [2.45, 2.75) is 63.7 Å². The third kappa shape index (κ3) is 7.52. The Hall–Kier alpha value is -3.43. The Morgan fingerprint density at radius 1 is 1.20 bits per heavy atom. The van der Waals surface area contributed by atoms with Gasteiger partial charge >= 0.3 is 6.09 Å². The van der Waals surface area contributed by atoms with Crippen LogP contribution in [0.5, 0.6) is 0 Å². The Balaban J connectivity index is 1.38. The maximum absolute atomic E-state index is 14.0. The smallest absolute Gasteiger partial charge is 0.415 e. The second kappa shape index (κ2) is 13.9. The Morgan fingerprint density at radius 2 is 1.96 bits per heavy atom. The summed E-state index contributed by atoms with van der Waals surface area (Å²) in [5.74, 6) is -0.555. The first-order valence-electron chi connectivity index (χ1n) is 14.7. The van der Waals surface area contributed by atoms with Crippen LogP contribution in [0, 0.1) is 19.8 Å². The zero-order chi connectivity index (χ0) is 32.3. The van der Waals surface area contributed by atoms with Crippen LogP contribution in [0.3, 0.4) is 0 Å². The average Bonchev–Trinajstić information content (AvgIpc) is 3.73. The van der Waals surface area contributed by atoms with Crippen LogP contribution in [-0.4, -0.2) is 77.7 Å². The molecule has 1 aliphatic heterocycles. The van der Waals surface area contributed by atoms with Crippen LogP contribution in [0.15, 0.2) is 58.9 Å². The van der Waals surface area contributed by atoms with Crippen molar-refractivity contribution in [2.24, 2.45) is 5.92 Å². The zero-order valence-electron chi connectivity index (χ0n) is 25.5. The standard InChI is InChI=1S/C31H37N5O6S3/c1-5-19(2)15-35(45(40,41)23-11-12-24-28(14-23)43-18-32-24)16-26(37)25(13-22-9-7-6-8-10-22)34-29(38)27-17-36(31(39)42-27)30-20(3)33-21(4)44-30/h6-12,14,18-19,25-27,37H,5,13,15-17H2,1-4H3,(H,34,38)/t19-,25?,26?,27-/m0/s1. The first-order chi connectivity index (χ1) is 21.5. The summed E-state index contributed by atoms with van der Waals surface area (Å²) in [6.45, 7) is 7.50. The summed E-state index contributed by atoms with van der Waals surface area (Å²) < 4.78 is 35.4. The number of rotatable bonds is 13. The number of amides is 2. The molecule has 3 heterocycles. The summed E-state index contributed by atoms with van der Waals surface area (Å²) in [7, 11) is -4.01. The number of aliphatic hydroxyl groups excluding tert-OH is 1. The number of hydrogen-bond donors (Lipinski definition) is 2. The number of benzene rings is 2. The lowest BCUT2D eigenvalue weighted by atomic mass is 10.0. The molecule has 1 fully saturated rings. The second-order valence-electron chi connectivity index (χ2n) is 11.3. The molecule has 240 valence electrons. The molecular weight excluding hydrogens is 635 g/mol. The van der Waals surface area contributed by atoms with E-state index < -0.39 is 40.3 Å². The largest absolute Gasteiger partial charge is 0.434 e. The third-order valence-corrected chi connectivity index (χ3v) is 11.6. The van der Waals surface area contributed by atoms with Gasteiger partial charge in [-0.1, -0.05) is 50.6 Å². The van der Waals surface area contributed by atoms with E-state index in [-0.39, 0.29) is 36.9 Å². The van der Waals surface area contributed by atoms with E-state index in [1.165, 1.54) is 37.9 Å². The summed E-state index contributed by atoms with van der Waals surface area (Å²) in [6.07, 6.45) is -2.07. The first-order valence-corrected chi connectivity index (χ1v) is 17.9. The number of aryl methyl sites for hydroxylation is 2. The molecule has 1 aliphatic rings. The number of hydrogen-bond acceptors (Lipinski definition) is 10. The molecule has 11 nitrogen and oxygen atoms in total. The van der Waals surface area contributed by atoms with Gasteiger partial charge in [-0.05, 0) is 49.9 Å². The fraction of sp³-hybridized carbons (Fsp3) is 0.419. The lowest BCUT2D eigenvalue weighted by Crippen LogP contribution is -2.53. The molecule has 0 bridgehead atoms. The summed E-state index contributed by atoms with van der Waals surface area (Å²) >= 11 is 2.70. The van der Waals surface area contributed by atoms with Crippen LogP contribution in [0.1, 0.15) is 36.5 Å². The number of cyclic esters (lactones) is 1. The zero-order valence-corrected chi connectivity index (χ0v) is 28.0. The van der Waals surface area contributed by atoms with Crippen LogP contribution < -0.4 is 10.2 Å². The van der Waals surface area contributed by atoms with Crippen LogP contribution in [-0.2, 0) is 26.0 Å². The van der Waals surface area contributed by atoms with Gasteiger partial charge in [0, 0.05) is 13.1 Å². The number of anilines is 1. The normalized spacial score (nSPS) is 17.4. The predicted molar refractivity (Wildman–Crippen MR) is 175 cm³/mol. The highest BCUT2D eigenvalue weighted by Gasteiger charge is 2.40. The molecule has 2 N–H and O–H groups in total. The maximum atomic E-state index is 14.0. The second-order valence-corrected chi connectivity index (χ2v) is 15.3. The summed E-state index contributed by atoms with van der Waals surface area (Å²) in [5.41, 5.74) is 3.89. The third-order valence-electron chi connectivity index (χ3n) is 7.86. The quantitative estimate of drug-likeness (QED) is 0.211. The number of nitrogens with one attached hydrogen (secondary N) is 1. The van der Waals surface area contributed by atoms with Gasteiger partial charge in [0.25, 0.3) is 5.91 Å². The summed E-state index contributed by atoms with van der Waals surface area (Å²) in [6, 6.07) is 13.2. The number of sulfonamides is 1. The Bertz CT molecular complexity index is 1760. The van der Waals surface area contributed by atoms with Gasteiger partial charge < -0.3 is 15.2 Å². The van der Waals surface area contributed by atoms with Crippen molar-refractivity contribution in [1.82, 2.24) is 19.6 Å². The van der Waals surface area contributed by atoms with Gasteiger partial charge in [0.15, 0.2) is 6.10 Å². The number of fused-ring (bicyclic) bond motifs is 1. The van der Waals surface area contributed by atoms with Crippen molar-refractivity contribution < 1.29 is 27.9 Å². The predicted octanol–water partition coefficient (Wildman–Crippen LogP) is 4.52. The SMILES string of the molecule is CC[C@H](C)CN(CC(O)C(Cc1ccccc1)NC(=O)[C@@H]1CN(c2sc(C)nc2C)C(=O)O1)S(=O)(=O)c1ccc2ncsc2c1. The van der Waals surface area contributed by atoms with E-state index in [4.69, 9.17) is 4.74 Å². The van der Waals surface area contributed by atoms with Crippen molar-refractivity contribution in [3.63, 3.8) is 0 Å². The molecule has 2 aromatic heterocycles. The highest BCUT2D eigenvalue weighted by molar-refractivity contribution is 7.89. The van der Waals surface area contributed by atoms with Gasteiger partial charge in [-0.2, -0.15) is 4.31 Å². The number of nitrogens with zero attached hydrogens (tertiary/aromatic N) is 4. The highest BCUT2D eigenvalue weighted by Crippen LogP contribution is 2.31. The Morgan fingerprint density at radius 3 is 2.64 bits per heavy atom. The minimum atomic E-state index is -4.01. The Labute approximate surface area is 270 Å². The molecule has 4 atom stereocenters. The lowest BCUT2D eigenvalue weighted by molar-refractivity contribution is -0.129. The summed E-state index contributed by atoms with van der Waals surface area (Å²) in [5, 5.41) is 15.9. The van der Waals surface area contributed by atoms with Gasteiger partial charge in [-0.25, -0.2) is 23.2 Å². The summed E-state index contributed by atoms with van der Waals surface area (Å²) in [4.78, 5) is 36.4. The molecule has 14 heteroatoms. The van der Waals surface area contributed by atoms with Crippen LogP contribution in [0.25, 0.3) is 10.2 Å². The van der Waals surface area contributed by atoms with E-state index >= 15 is 0 Å². The number of aliphatic hydroxyl groups is 1. The number of carbonyl (C=O) groups excluding carboxylic acids is 2. The molecule has 2 amide bonds. The van der Waals surface area contributed by atoms with Gasteiger partial charge in [0.2, 0.25) is 10.0 Å². The molecule has 45 heavy (non-hydrogen) atoms. The lowest BCUT2D eigenvalue weighted by Gasteiger charge is -2.31. The molecule has 0 spiro atoms. The molecule has 5 rings (SSSR count). The topological polar surface area (TPSA) is 142 Å². The van der Waals surface area contributed by atoms with E-state index in [2.05, 4.69) is 15.3 Å². The molecule has 1 saturated heterocycles. The van der Waals surface area contributed by atoms with Gasteiger partial charge in [-0.15, -0.1) is 22.7 Å². The average molecular weight is 672 g/mol. The Kier molecular flexibility index (Phi) is 10.2. The minimum absolute atomic E-state index is 0.00410. The molecule has 0 aliphatic carbocycles. The van der Waals surface area contributed by atoms with Crippen LogP contribution in [0.4, 0.5) is 9.80 Å². The number of thiazole rings is 2. The van der Waals surface area contributed by atoms with Gasteiger partial charge in [-0.3, -0.25) is 9.69 Å². The molecular formula is C31H37N5O6S3. The van der Waals surface area contributed by atoms with Crippen LogP contribution in [0.2, 0.25) is 0 Å². The van der Waals surface area contributed by atoms with Crippen molar-refractivity contribution in [1.29, 1.82) is 0 Å². The molecule has 2 aromatic carbocycles. The monoisotopic (exact) mass is 671 g/mol. The fourth-order valence-electron chi connectivity index (χ4n) is 5.19. The van der Waals surface area contributed by atoms with E-state index in [9.17, 15) is 23.1 Å². The minimum Gasteiger partial charge on any atom is -0.434 e. The van der Waals surface area contributed by atoms with E-state index in [0.29, 0.717) is 16.2 Å². The van der Waals surface area contributed by atoms with Crippen molar-refractivity contribution >= 4 is 59.9 Å². The first kappa shape index (κ1) is 32.9. The van der Waals surface area contributed by atoms with Gasteiger partial charge in [0.05, 0.1) is 50.0 Å². The van der Waals surface area contributed by atoms with E-state index in [1.807, 2.05) is 51.1 Å². The van der Waals surface area contributed by atoms with Crippen LogP contribution >= 0.6 is 22.7 Å². The number of aromatic nitrogens is 2. The van der Waals surface area contributed by atoms with Crippen molar-refractivity contribution in [3.05, 3.63) is 70.3 Å². The molecule has 0 saturated carbocycles. The van der Waals surface area contributed by atoms with Gasteiger partial charge in [0.1, 0.15) is 5.00 Å². The fourth-order valence-corrected chi connectivity index (χ4v) is 8.50. The number of carbonyl (C=O) groups is 2. The van der Waals surface area contributed by atoms with Crippen molar-refractivity contribution in [3.8, 4) is 0 Å². The highest BCUT2D eigenvalue weighted by atomic mass is 32.2. The number of ether oxygens (including phenoxy) is 1.